The first-order valence-electron chi connectivity index (χ1n) is 3.35. The van der Waals surface area contributed by atoms with Crippen molar-refractivity contribution in [3.8, 4) is 0 Å². The quantitative estimate of drug-likeness (QED) is 0.555. The maximum absolute atomic E-state index is 12.0. The van der Waals surface area contributed by atoms with E-state index in [4.69, 9.17) is 0 Å². The van der Waals surface area contributed by atoms with Gasteiger partial charge in [-0.05, 0) is 18.3 Å². The normalized spacial score (nSPS) is 22.7. The summed E-state index contributed by atoms with van der Waals surface area (Å²) in [5.41, 5.74) is 0.0174. The Bertz CT molecular complexity index is 93.1. The molecule has 0 atom stereocenters. The highest BCUT2D eigenvalue weighted by atomic mass is 19.1. The number of halogens is 2. The molecule has 0 spiro atoms. The number of alkyl halides is 2. The van der Waals surface area contributed by atoms with E-state index in [1.807, 2.05) is 6.92 Å². The third kappa shape index (κ3) is 1.22. The summed E-state index contributed by atoms with van der Waals surface area (Å²) in [6, 6.07) is 0. The molecule has 1 fully saturated rings. The van der Waals surface area contributed by atoms with Gasteiger partial charge in [0.2, 0.25) is 0 Å². The van der Waals surface area contributed by atoms with E-state index in [1.165, 1.54) is 0 Å². The van der Waals surface area contributed by atoms with E-state index >= 15 is 0 Å². The summed E-state index contributed by atoms with van der Waals surface area (Å²) in [5.74, 6) is -0.322. The summed E-state index contributed by atoms with van der Waals surface area (Å²) in [4.78, 5) is 0. The van der Waals surface area contributed by atoms with E-state index in [-0.39, 0.29) is 11.3 Å². The molecular formula is C7H12F2. The zero-order chi connectivity index (χ0) is 6.91. The van der Waals surface area contributed by atoms with Gasteiger partial charge in [-0.3, -0.25) is 8.78 Å². The number of hydrogen-bond acceptors (Lipinski definition) is 0. The highest BCUT2D eigenvalue weighted by Gasteiger charge is 2.44. The molecule has 0 aromatic rings. The fourth-order valence-electron chi connectivity index (χ4n) is 1.02. The van der Waals surface area contributed by atoms with Crippen LogP contribution >= 0.6 is 0 Å². The standard InChI is InChI=1S/C7H12F2/c1-7(2-3-7)6(4-8)5-9/h6H,2-5H2,1H3. The fourth-order valence-corrected chi connectivity index (χ4v) is 1.02. The molecule has 1 rings (SSSR count). The van der Waals surface area contributed by atoms with E-state index in [9.17, 15) is 8.78 Å². The van der Waals surface area contributed by atoms with Gasteiger partial charge in [0.05, 0.1) is 13.3 Å². The zero-order valence-electron chi connectivity index (χ0n) is 5.66. The predicted octanol–water partition coefficient (Wildman–Crippen LogP) is 2.34. The molecule has 2 heteroatoms. The van der Waals surface area contributed by atoms with Crippen molar-refractivity contribution in [2.75, 3.05) is 13.3 Å². The fraction of sp³-hybridized carbons (Fsp3) is 1.00. The Morgan fingerprint density at radius 1 is 1.33 bits per heavy atom. The lowest BCUT2D eigenvalue weighted by Gasteiger charge is -2.15. The van der Waals surface area contributed by atoms with E-state index in [0.717, 1.165) is 12.8 Å². The molecule has 1 saturated carbocycles. The molecule has 0 saturated heterocycles. The Kier molecular flexibility index (Phi) is 1.73. The first-order chi connectivity index (χ1) is 4.23. The first kappa shape index (κ1) is 6.97. The Morgan fingerprint density at radius 2 is 1.78 bits per heavy atom. The molecule has 0 heterocycles. The maximum atomic E-state index is 12.0. The SMILES string of the molecule is CC1(C(CF)CF)CC1. The third-order valence-corrected chi connectivity index (χ3v) is 2.40. The predicted molar refractivity (Wildman–Crippen MR) is 32.8 cm³/mol. The molecular weight excluding hydrogens is 122 g/mol. The second kappa shape index (κ2) is 2.24. The summed E-state index contributed by atoms with van der Waals surface area (Å²) >= 11 is 0. The minimum atomic E-state index is -0.493. The van der Waals surface area contributed by atoms with Gasteiger partial charge in [0.1, 0.15) is 0 Å². The van der Waals surface area contributed by atoms with Crippen molar-refractivity contribution < 1.29 is 8.78 Å². The van der Waals surface area contributed by atoms with Gasteiger partial charge in [0.15, 0.2) is 0 Å². The van der Waals surface area contributed by atoms with Crippen LogP contribution in [-0.2, 0) is 0 Å². The van der Waals surface area contributed by atoms with Gasteiger partial charge in [0.25, 0.3) is 0 Å². The molecule has 54 valence electrons. The van der Waals surface area contributed by atoms with Crippen LogP contribution in [0, 0.1) is 11.3 Å². The Morgan fingerprint density at radius 3 is 1.89 bits per heavy atom. The largest absolute Gasteiger partial charge is 0.251 e. The van der Waals surface area contributed by atoms with Crippen molar-refractivity contribution in [3.05, 3.63) is 0 Å². The molecule has 0 aliphatic heterocycles. The maximum Gasteiger partial charge on any atom is 0.0952 e. The van der Waals surface area contributed by atoms with Crippen LogP contribution in [0.1, 0.15) is 19.8 Å². The monoisotopic (exact) mass is 134 g/mol. The lowest BCUT2D eigenvalue weighted by atomic mass is 9.94. The van der Waals surface area contributed by atoms with Crippen molar-refractivity contribution >= 4 is 0 Å². The van der Waals surface area contributed by atoms with Crippen LogP contribution in [-0.4, -0.2) is 13.3 Å². The highest BCUT2D eigenvalue weighted by molar-refractivity contribution is 4.93. The number of hydrogen-bond donors (Lipinski definition) is 0. The van der Waals surface area contributed by atoms with Gasteiger partial charge in [-0.15, -0.1) is 0 Å². The van der Waals surface area contributed by atoms with Crippen LogP contribution < -0.4 is 0 Å². The molecule has 0 aromatic carbocycles. The lowest BCUT2D eigenvalue weighted by Crippen LogP contribution is -2.16. The van der Waals surface area contributed by atoms with Crippen LogP contribution in [0.4, 0.5) is 8.78 Å². The Balaban J connectivity index is 2.37. The minimum absolute atomic E-state index is 0.0174. The van der Waals surface area contributed by atoms with E-state index in [1.54, 1.807) is 0 Å². The van der Waals surface area contributed by atoms with Crippen LogP contribution in [0.5, 0.6) is 0 Å². The highest BCUT2D eigenvalue weighted by Crippen LogP contribution is 2.51. The second-order valence-electron chi connectivity index (χ2n) is 3.16. The molecule has 0 aromatic heterocycles. The Hall–Kier alpha value is -0.140. The average molecular weight is 134 g/mol. The molecule has 0 unspecified atom stereocenters. The molecule has 1 aliphatic carbocycles. The number of rotatable bonds is 3. The smallest absolute Gasteiger partial charge is 0.0952 e. The van der Waals surface area contributed by atoms with Crippen LogP contribution in [0.3, 0.4) is 0 Å². The van der Waals surface area contributed by atoms with E-state index < -0.39 is 13.3 Å². The van der Waals surface area contributed by atoms with E-state index in [2.05, 4.69) is 0 Å². The summed E-state index contributed by atoms with van der Waals surface area (Å²) < 4.78 is 23.9. The summed E-state index contributed by atoms with van der Waals surface area (Å²) in [6.45, 7) is 0.969. The van der Waals surface area contributed by atoms with Gasteiger partial charge in [0, 0.05) is 5.92 Å². The molecule has 1 aliphatic rings. The average Bonchev–Trinajstić information content (AvgIpc) is 2.52. The molecule has 0 radical (unpaired) electrons. The molecule has 0 N–H and O–H groups in total. The third-order valence-electron chi connectivity index (χ3n) is 2.40. The van der Waals surface area contributed by atoms with Crippen LogP contribution in [0.2, 0.25) is 0 Å². The van der Waals surface area contributed by atoms with Gasteiger partial charge in [-0.25, -0.2) is 0 Å². The minimum Gasteiger partial charge on any atom is -0.251 e. The molecule has 0 amide bonds. The summed E-state index contributed by atoms with van der Waals surface area (Å²) in [6.07, 6.45) is 2.01. The second-order valence-corrected chi connectivity index (χ2v) is 3.16. The summed E-state index contributed by atoms with van der Waals surface area (Å²) in [7, 11) is 0. The van der Waals surface area contributed by atoms with E-state index in [0.29, 0.717) is 0 Å². The van der Waals surface area contributed by atoms with Crippen LogP contribution in [0.15, 0.2) is 0 Å². The van der Waals surface area contributed by atoms with Gasteiger partial charge < -0.3 is 0 Å². The van der Waals surface area contributed by atoms with Crippen molar-refractivity contribution in [3.63, 3.8) is 0 Å². The topological polar surface area (TPSA) is 0 Å². The van der Waals surface area contributed by atoms with Gasteiger partial charge in [-0.1, -0.05) is 6.92 Å². The lowest BCUT2D eigenvalue weighted by molar-refractivity contribution is 0.205. The Labute approximate surface area is 54.3 Å². The molecule has 0 bridgehead atoms. The molecule has 9 heavy (non-hydrogen) atoms. The first-order valence-corrected chi connectivity index (χ1v) is 3.35. The summed E-state index contributed by atoms with van der Waals surface area (Å²) in [5, 5.41) is 0. The van der Waals surface area contributed by atoms with Gasteiger partial charge >= 0.3 is 0 Å². The zero-order valence-corrected chi connectivity index (χ0v) is 5.66. The van der Waals surface area contributed by atoms with Crippen molar-refractivity contribution in [2.45, 2.75) is 19.8 Å². The van der Waals surface area contributed by atoms with Crippen LogP contribution in [0.25, 0.3) is 0 Å². The van der Waals surface area contributed by atoms with Crippen molar-refractivity contribution in [1.82, 2.24) is 0 Å². The molecule has 0 nitrogen and oxygen atoms in total. The van der Waals surface area contributed by atoms with Crippen molar-refractivity contribution in [2.24, 2.45) is 11.3 Å². The van der Waals surface area contributed by atoms with Crippen molar-refractivity contribution in [1.29, 1.82) is 0 Å². The van der Waals surface area contributed by atoms with Gasteiger partial charge in [-0.2, -0.15) is 0 Å².